The second-order valence-corrected chi connectivity index (χ2v) is 5.96. The van der Waals surface area contributed by atoms with Gasteiger partial charge in [-0.15, -0.1) is 0 Å². The zero-order chi connectivity index (χ0) is 19.6. The summed E-state index contributed by atoms with van der Waals surface area (Å²) in [7, 11) is 3.17. The van der Waals surface area contributed by atoms with Crippen LogP contribution in [0.5, 0.6) is 11.5 Å². The minimum absolute atomic E-state index is 0.233. The van der Waals surface area contributed by atoms with Crippen molar-refractivity contribution in [3.05, 3.63) is 58.6 Å². The number of halogens is 1. The van der Waals surface area contributed by atoms with E-state index in [0.29, 0.717) is 41.7 Å². The molecule has 0 atom stereocenters. The first-order valence-corrected chi connectivity index (χ1v) is 8.70. The van der Waals surface area contributed by atoms with Gasteiger partial charge in [0, 0.05) is 13.1 Å². The smallest absolute Gasteiger partial charge is 0.252 e. The summed E-state index contributed by atoms with van der Waals surface area (Å²) in [6.45, 7) is 1.22. The Kier molecular flexibility index (Phi) is 7.76. The Labute approximate surface area is 163 Å². The van der Waals surface area contributed by atoms with Gasteiger partial charge in [0.2, 0.25) is 0 Å². The topological polar surface area (TPSA) is 98.0 Å². The number of benzene rings is 2. The fraction of sp³-hybridized carbons (Fsp3) is 0.263. The molecule has 0 radical (unpaired) electrons. The molecule has 0 saturated carbocycles. The second kappa shape index (κ2) is 10.3. The minimum atomic E-state index is -0.233. The minimum Gasteiger partial charge on any atom is -0.493 e. The van der Waals surface area contributed by atoms with Crippen LogP contribution in [0.3, 0.4) is 0 Å². The summed E-state index contributed by atoms with van der Waals surface area (Å²) in [5.41, 5.74) is 7.22. The number of guanidine groups is 1. The zero-order valence-corrected chi connectivity index (χ0v) is 16.0. The molecule has 2 rings (SSSR count). The number of ether oxygens (including phenoxy) is 2. The van der Waals surface area contributed by atoms with Crippen LogP contribution in [0.25, 0.3) is 0 Å². The molecule has 1 amide bonds. The van der Waals surface area contributed by atoms with Crippen LogP contribution < -0.4 is 25.8 Å². The van der Waals surface area contributed by atoms with Gasteiger partial charge in [-0.3, -0.25) is 4.79 Å². The van der Waals surface area contributed by atoms with Gasteiger partial charge in [-0.05, 0) is 29.8 Å². The van der Waals surface area contributed by atoms with Gasteiger partial charge in [0.25, 0.3) is 5.91 Å². The van der Waals surface area contributed by atoms with E-state index >= 15 is 0 Å². The van der Waals surface area contributed by atoms with Crippen LogP contribution >= 0.6 is 11.6 Å². The summed E-state index contributed by atoms with van der Waals surface area (Å²) < 4.78 is 10.5. The summed E-state index contributed by atoms with van der Waals surface area (Å²) in [5, 5.41) is 6.14. The molecule has 8 heteroatoms. The van der Waals surface area contributed by atoms with E-state index in [-0.39, 0.29) is 11.9 Å². The molecule has 0 saturated heterocycles. The van der Waals surface area contributed by atoms with Crippen LogP contribution in [0, 0.1) is 0 Å². The molecule has 0 aromatic heterocycles. The van der Waals surface area contributed by atoms with E-state index in [1.54, 1.807) is 38.5 Å². The van der Waals surface area contributed by atoms with E-state index in [4.69, 9.17) is 26.8 Å². The second-order valence-electron chi connectivity index (χ2n) is 5.55. The number of nitrogens with two attached hydrogens (primary N) is 1. The summed E-state index contributed by atoms with van der Waals surface area (Å²) in [6, 6.07) is 12.4. The summed E-state index contributed by atoms with van der Waals surface area (Å²) >= 11 is 5.99. The molecule has 0 aliphatic heterocycles. The largest absolute Gasteiger partial charge is 0.493 e. The van der Waals surface area contributed by atoms with Crippen molar-refractivity contribution in [1.29, 1.82) is 0 Å². The van der Waals surface area contributed by atoms with Gasteiger partial charge in [0.05, 0.1) is 31.4 Å². The van der Waals surface area contributed by atoms with Crippen molar-refractivity contribution in [3.63, 3.8) is 0 Å². The Morgan fingerprint density at radius 1 is 1.07 bits per heavy atom. The van der Waals surface area contributed by atoms with E-state index < -0.39 is 0 Å². The van der Waals surface area contributed by atoms with Crippen LogP contribution in [0.15, 0.2) is 47.5 Å². The highest BCUT2D eigenvalue weighted by molar-refractivity contribution is 6.33. The molecule has 2 aromatic carbocycles. The lowest BCUT2D eigenvalue weighted by Gasteiger charge is -2.10. The molecule has 144 valence electrons. The van der Waals surface area contributed by atoms with Crippen molar-refractivity contribution in [2.24, 2.45) is 10.7 Å². The first kappa shape index (κ1) is 20.4. The summed E-state index contributed by atoms with van der Waals surface area (Å²) in [5.74, 6) is 1.35. The van der Waals surface area contributed by atoms with Gasteiger partial charge >= 0.3 is 0 Å². The number of aliphatic imine (C=N–C) groups is 1. The molecular weight excluding hydrogens is 368 g/mol. The lowest BCUT2D eigenvalue weighted by molar-refractivity contribution is 0.0954. The highest BCUT2D eigenvalue weighted by Gasteiger charge is 2.08. The average molecular weight is 391 g/mol. The molecule has 7 nitrogen and oxygen atoms in total. The van der Waals surface area contributed by atoms with Crippen LogP contribution in [0.4, 0.5) is 0 Å². The Balaban J connectivity index is 1.78. The third kappa shape index (κ3) is 6.07. The number of hydrogen-bond acceptors (Lipinski definition) is 4. The zero-order valence-electron chi connectivity index (χ0n) is 15.3. The van der Waals surface area contributed by atoms with Crippen molar-refractivity contribution < 1.29 is 14.3 Å². The maximum absolute atomic E-state index is 12.0. The Morgan fingerprint density at radius 2 is 1.78 bits per heavy atom. The summed E-state index contributed by atoms with van der Waals surface area (Å²) in [6.07, 6.45) is 0. The molecule has 0 aliphatic rings. The standard InChI is InChI=1S/C19H23ClN4O3/c1-26-16-8-7-13(11-17(16)27-2)12-24-19(21)23-10-9-22-18(25)14-5-3-4-6-15(14)20/h3-8,11H,9-10,12H2,1-2H3,(H,22,25)(H3,21,23,24). The Hall–Kier alpha value is -2.93. The van der Waals surface area contributed by atoms with Gasteiger partial charge in [0.15, 0.2) is 17.5 Å². The quantitative estimate of drug-likeness (QED) is 0.364. The van der Waals surface area contributed by atoms with Crippen molar-refractivity contribution in [1.82, 2.24) is 10.6 Å². The first-order valence-electron chi connectivity index (χ1n) is 8.32. The molecule has 0 bridgehead atoms. The highest BCUT2D eigenvalue weighted by atomic mass is 35.5. The molecule has 0 unspecified atom stereocenters. The molecule has 27 heavy (non-hydrogen) atoms. The van der Waals surface area contributed by atoms with E-state index in [1.165, 1.54) is 0 Å². The maximum Gasteiger partial charge on any atom is 0.252 e. The van der Waals surface area contributed by atoms with Gasteiger partial charge in [-0.1, -0.05) is 29.8 Å². The highest BCUT2D eigenvalue weighted by Crippen LogP contribution is 2.27. The fourth-order valence-electron chi connectivity index (χ4n) is 2.32. The van der Waals surface area contributed by atoms with Gasteiger partial charge < -0.3 is 25.8 Å². The van der Waals surface area contributed by atoms with Crippen molar-refractivity contribution in [2.75, 3.05) is 27.3 Å². The van der Waals surface area contributed by atoms with Gasteiger partial charge in [-0.25, -0.2) is 4.99 Å². The third-order valence-corrected chi connectivity index (χ3v) is 4.04. The fourth-order valence-corrected chi connectivity index (χ4v) is 2.54. The van der Waals surface area contributed by atoms with Crippen LogP contribution in [-0.2, 0) is 6.54 Å². The molecule has 0 heterocycles. The number of carbonyl (C=O) groups is 1. The lowest BCUT2D eigenvalue weighted by atomic mass is 10.2. The van der Waals surface area contributed by atoms with Gasteiger partial charge in [0.1, 0.15) is 0 Å². The number of carbonyl (C=O) groups excluding carboxylic acids is 1. The van der Waals surface area contributed by atoms with E-state index in [2.05, 4.69) is 15.6 Å². The maximum atomic E-state index is 12.0. The number of rotatable bonds is 8. The SMILES string of the molecule is COc1ccc(CN=C(N)NCCNC(=O)c2ccccc2Cl)cc1OC. The van der Waals surface area contributed by atoms with Crippen molar-refractivity contribution in [3.8, 4) is 11.5 Å². The number of methoxy groups -OCH3 is 2. The molecule has 0 aliphatic carbocycles. The van der Waals surface area contributed by atoms with Crippen LogP contribution in [0.2, 0.25) is 5.02 Å². The predicted octanol–water partition coefficient (Wildman–Crippen LogP) is 2.19. The van der Waals surface area contributed by atoms with E-state index in [1.807, 2.05) is 18.2 Å². The first-order chi connectivity index (χ1) is 13.0. The van der Waals surface area contributed by atoms with Gasteiger partial charge in [-0.2, -0.15) is 0 Å². The summed E-state index contributed by atoms with van der Waals surface area (Å²) in [4.78, 5) is 16.3. The van der Waals surface area contributed by atoms with Crippen LogP contribution in [0.1, 0.15) is 15.9 Å². The van der Waals surface area contributed by atoms with Crippen molar-refractivity contribution in [2.45, 2.75) is 6.54 Å². The number of hydrogen-bond donors (Lipinski definition) is 3. The van der Waals surface area contributed by atoms with Crippen LogP contribution in [-0.4, -0.2) is 39.2 Å². The lowest BCUT2D eigenvalue weighted by Crippen LogP contribution is -2.38. The molecule has 0 fully saturated rings. The Morgan fingerprint density at radius 3 is 2.48 bits per heavy atom. The number of nitrogens with one attached hydrogen (secondary N) is 2. The molecule has 2 aromatic rings. The third-order valence-electron chi connectivity index (χ3n) is 3.72. The average Bonchev–Trinajstić information content (AvgIpc) is 2.69. The normalized spacial score (nSPS) is 11.0. The Bertz CT molecular complexity index is 811. The van der Waals surface area contributed by atoms with Crippen molar-refractivity contribution >= 4 is 23.5 Å². The predicted molar refractivity (Wildman–Crippen MR) is 107 cm³/mol. The monoisotopic (exact) mass is 390 g/mol. The molecule has 4 N–H and O–H groups in total. The van der Waals surface area contributed by atoms with E-state index in [9.17, 15) is 4.79 Å². The van der Waals surface area contributed by atoms with E-state index in [0.717, 1.165) is 5.56 Å². The molecule has 0 spiro atoms. The number of amides is 1. The number of nitrogens with zero attached hydrogens (tertiary/aromatic N) is 1. The molecular formula is C19H23ClN4O3.